The summed E-state index contributed by atoms with van der Waals surface area (Å²) in [5.41, 5.74) is 3.43. The minimum atomic E-state index is -4.45. The summed E-state index contributed by atoms with van der Waals surface area (Å²) in [6.07, 6.45) is -3.96. The maximum absolute atomic E-state index is 12.9. The molecule has 0 amide bonds. The summed E-state index contributed by atoms with van der Waals surface area (Å²) >= 11 is 0. The van der Waals surface area contributed by atoms with E-state index in [1.165, 1.54) is 6.07 Å². The molecule has 0 aromatic heterocycles. The first-order valence-electron chi connectivity index (χ1n) is 7.13. The Morgan fingerprint density at radius 1 is 1.17 bits per heavy atom. The van der Waals surface area contributed by atoms with Crippen LogP contribution in [-0.4, -0.2) is 0 Å². The van der Waals surface area contributed by atoms with Crippen LogP contribution in [0.25, 0.3) is 0 Å². The molecule has 3 N–H and O–H groups in total. The largest absolute Gasteiger partial charge is 0.416 e. The second-order valence-corrected chi connectivity index (χ2v) is 5.90. The molecule has 124 valence electrons. The highest BCUT2D eigenvalue weighted by Gasteiger charge is 2.31. The molecule has 0 radical (unpaired) electrons. The van der Waals surface area contributed by atoms with Crippen molar-refractivity contribution in [2.24, 2.45) is 5.92 Å². The number of anilines is 2. The first kappa shape index (κ1) is 17.1. The van der Waals surface area contributed by atoms with Gasteiger partial charge < -0.3 is 11.1 Å². The Hall–Kier alpha value is -2.31. The Morgan fingerprint density at radius 3 is 2.35 bits per heavy atom. The van der Waals surface area contributed by atoms with Crippen LogP contribution in [-0.2, 0) is 6.18 Å². The van der Waals surface area contributed by atoms with Crippen molar-refractivity contribution in [3.8, 4) is 0 Å². The fourth-order valence-electron chi connectivity index (χ4n) is 2.41. The topological polar surface area (TPSA) is 72.2 Å². The van der Waals surface area contributed by atoms with Crippen LogP contribution in [0.15, 0.2) is 33.9 Å². The summed E-state index contributed by atoms with van der Waals surface area (Å²) in [4.78, 5) is 22.7. The summed E-state index contributed by atoms with van der Waals surface area (Å²) in [5.74, 6) is 0.162. The molecule has 23 heavy (non-hydrogen) atoms. The van der Waals surface area contributed by atoms with Gasteiger partial charge in [0.05, 0.1) is 11.6 Å². The van der Waals surface area contributed by atoms with E-state index in [0.717, 1.165) is 12.1 Å². The minimum Gasteiger partial charge on any atom is -0.394 e. The summed E-state index contributed by atoms with van der Waals surface area (Å²) < 4.78 is 38.6. The first-order valence-corrected chi connectivity index (χ1v) is 7.13. The molecule has 0 spiro atoms. The molecular weight excluding hydrogens is 309 g/mol. The summed E-state index contributed by atoms with van der Waals surface area (Å²) in [7, 11) is 0. The number of halogens is 3. The SMILES string of the molecule is CC(C)CC(Nc1c(N)c(=O)c1=O)c1cccc(C(F)(F)F)c1. The van der Waals surface area contributed by atoms with E-state index in [0.29, 0.717) is 12.0 Å². The highest BCUT2D eigenvalue weighted by Crippen LogP contribution is 2.33. The van der Waals surface area contributed by atoms with Crippen molar-refractivity contribution in [3.63, 3.8) is 0 Å². The van der Waals surface area contributed by atoms with E-state index >= 15 is 0 Å². The number of rotatable bonds is 5. The lowest BCUT2D eigenvalue weighted by Gasteiger charge is -2.24. The van der Waals surface area contributed by atoms with Gasteiger partial charge in [0, 0.05) is 0 Å². The number of nitrogen functional groups attached to an aromatic ring is 1. The molecule has 0 aliphatic rings. The van der Waals surface area contributed by atoms with Crippen LogP contribution >= 0.6 is 0 Å². The Morgan fingerprint density at radius 2 is 1.83 bits per heavy atom. The highest BCUT2D eigenvalue weighted by atomic mass is 19.4. The van der Waals surface area contributed by atoms with Crippen LogP contribution in [0.4, 0.5) is 24.5 Å². The number of hydrogen-bond donors (Lipinski definition) is 2. The van der Waals surface area contributed by atoms with E-state index in [-0.39, 0.29) is 17.3 Å². The van der Waals surface area contributed by atoms with Gasteiger partial charge >= 0.3 is 6.18 Å². The van der Waals surface area contributed by atoms with Gasteiger partial charge in [-0.05, 0) is 30.0 Å². The van der Waals surface area contributed by atoms with E-state index in [9.17, 15) is 22.8 Å². The zero-order chi connectivity index (χ0) is 17.4. The Labute approximate surface area is 130 Å². The number of hydrogen-bond acceptors (Lipinski definition) is 4. The quantitative estimate of drug-likeness (QED) is 0.828. The van der Waals surface area contributed by atoms with Gasteiger partial charge in [0.15, 0.2) is 0 Å². The lowest BCUT2D eigenvalue weighted by molar-refractivity contribution is -0.137. The third-order valence-corrected chi connectivity index (χ3v) is 3.59. The molecule has 7 heteroatoms. The number of benzene rings is 1. The summed E-state index contributed by atoms with van der Waals surface area (Å²) in [5, 5.41) is 2.83. The Bertz CT molecular complexity index is 774. The minimum absolute atomic E-state index is 0.0157. The second kappa shape index (κ2) is 6.06. The predicted molar refractivity (Wildman–Crippen MR) is 83.0 cm³/mol. The second-order valence-electron chi connectivity index (χ2n) is 5.90. The van der Waals surface area contributed by atoms with Crippen molar-refractivity contribution in [2.75, 3.05) is 11.1 Å². The van der Waals surface area contributed by atoms with Crippen molar-refractivity contribution < 1.29 is 13.2 Å². The molecular formula is C16H17F3N2O2. The average Bonchev–Trinajstić information content (AvgIpc) is 2.49. The smallest absolute Gasteiger partial charge is 0.394 e. The molecule has 2 rings (SSSR count). The van der Waals surface area contributed by atoms with Crippen molar-refractivity contribution in [1.82, 2.24) is 0 Å². The molecule has 0 heterocycles. The average molecular weight is 326 g/mol. The first-order chi connectivity index (χ1) is 10.6. The van der Waals surface area contributed by atoms with Crippen LogP contribution in [0.2, 0.25) is 0 Å². The molecule has 0 aliphatic heterocycles. The molecule has 1 atom stereocenters. The molecule has 2 aromatic carbocycles. The van der Waals surface area contributed by atoms with Gasteiger partial charge in [-0.15, -0.1) is 0 Å². The van der Waals surface area contributed by atoms with E-state index < -0.39 is 28.6 Å². The van der Waals surface area contributed by atoms with Gasteiger partial charge in [0.25, 0.3) is 10.9 Å². The highest BCUT2D eigenvalue weighted by molar-refractivity contribution is 5.71. The molecule has 1 unspecified atom stereocenters. The lowest BCUT2D eigenvalue weighted by Crippen LogP contribution is -2.38. The van der Waals surface area contributed by atoms with Gasteiger partial charge in [0.2, 0.25) is 0 Å². The van der Waals surface area contributed by atoms with Gasteiger partial charge in [-0.1, -0.05) is 26.0 Å². The Kier molecular flexibility index (Phi) is 4.49. The maximum Gasteiger partial charge on any atom is 0.416 e. The molecule has 0 bridgehead atoms. The van der Waals surface area contributed by atoms with E-state index in [4.69, 9.17) is 5.73 Å². The molecule has 0 aliphatic carbocycles. The Balaban J connectivity index is 2.36. The standard InChI is InChI=1S/C16H17F3N2O2/c1-8(2)6-11(21-13-12(20)14(22)15(13)23)9-4-3-5-10(7-9)16(17,18)19/h3-5,7-8,11,21H,6,20H2,1-2H3. The fourth-order valence-corrected chi connectivity index (χ4v) is 2.41. The predicted octanol–water partition coefficient (Wildman–Crippen LogP) is 3.08. The zero-order valence-corrected chi connectivity index (χ0v) is 12.7. The molecule has 4 nitrogen and oxygen atoms in total. The summed E-state index contributed by atoms with van der Waals surface area (Å²) in [6, 6.07) is 4.36. The number of nitrogens with one attached hydrogen (secondary N) is 1. The van der Waals surface area contributed by atoms with Crippen LogP contribution in [0.3, 0.4) is 0 Å². The van der Waals surface area contributed by atoms with Crippen molar-refractivity contribution in [1.29, 1.82) is 0 Å². The normalized spacial score (nSPS) is 13.5. The summed E-state index contributed by atoms with van der Waals surface area (Å²) in [6.45, 7) is 3.82. The van der Waals surface area contributed by atoms with E-state index in [1.807, 2.05) is 13.8 Å². The maximum atomic E-state index is 12.9. The van der Waals surface area contributed by atoms with Crippen LogP contribution in [0.5, 0.6) is 0 Å². The molecule has 0 fully saturated rings. The van der Waals surface area contributed by atoms with Crippen LogP contribution < -0.4 is 21.9 Å². The third kappa shape index (κ3) is 3.55. The molecule has 0 saturated heterocycles. The van der Waals surface area contributed by atoms with Gasteiger partial charge in [-0.3, -0.25) is 9.59 Å². The monoisotopic (exact) mass is 326 g/mol. The number of nitrogens with two attached hydrogens (primary N) is 1. The van der Waals surface area contributed by atoms with E-state index in [1.54, 1.807) is 6.07 Å². The third-order valence-electron chi connectivity index (χ3n) is 3.59. The van der Waals surface area contributed by atoms with Crippen molar-refractivity contribution >= 4 is 11.4 Å². The van der Waals surface area contributed by atoms with Crippen LogP contribution in [0.1, 0.15) is 37.4 Å². The van der Waals surface area contributed by atoms with E-state index in [2.05, 4.69) is 5.32 Å². The van der Waals surface area contributed by atoms with Gasteiger partial charge in [-0.25, -0.2) is 0 Å². The zero-order valence-electron chi connectivity index (χ0n) is 12.7. The van der Waals surface area contributed by atoms with Crippen molar-refractivity contribution in [2.45, 2.75) is 32.5 Å². The van der Waals surface area contributed by atoms with Gasteiger partial charge in [-0.2, -0.15) is 13.2 Å². The fraction of sp³-hybridized carbons (Fsp3) is 0.375. The molecule has 2 aromatic rings. The lowest BCUT2D eigenvalue weighted by atomic mass is 9.95. The van der Waals surface area contributed by atoms with Crippen molar-refractivity contribution in [3.05, 3.63) is 55.8 Å². The van der Waals surface area contributed by atoms with Gasteiger partial charge in [0.1, 0.15) is 11.4 Å². The molecule has 0 saturated carbocycles. The number of alkyl halides is 3. The van der Waals surface area contributed by atoms with Crippen LogP contribution in [0, 0.1) is 5.92 Å².